The monoisotopic (exact) mass is 232 g/mol. The Morgan fingerprint density at radius 2 is 2.00 bits per heavy atom. The Morgan fingerprint density at radius 1 is 1.29 bits per heavy atom. The van der Waals surface area contributed by atoms with Crippen molar-refractivity contribution in [2.45, 2.75) is 27.2 Å². The quantitative estimate of drug-likeness (QED) is 0.855. The van der Waals surface area contributed by atoms with E-state index >= 15 is 0 Å². The Bertz CT molecular complexity index is 576. The summed E-state index contributed by atoms with van der Waals surface area (Å²) in [5.41, 5.74) is 4.89. The van der Waals surface area contributed by atoms with Crippen molar-refractivity contribution >= 4 is 16.6 Å². The van der Waals surface area contributed by atoms with E-state index < -0.39 is 0 Å². The highest BCUT2D eigenvalue weighted by Gasteiger charge is 2.13. The lowest BCUT2D eigenvalue weighted by molar-refractivity contribution is 0.628. The predicted molar refractivity (Wildman–Crippen MR) is 70.1 cm³/mol. The highest BCUT2D eigenvalue weighted by atomic mass is 19.1. The molecule has 1 N–H and O–H groups in total. The summed E-state index contributed by atoms with van der Waals surface area (Å²) in [7, 11) is 1.90. The van der Waals surface area contributed by atoms with Gasteiger partial charge in [-0.15, -0.1) is 0 Å². The van der Waals surface area contributed by atoms with Crippen LogP contribution in [0.1, 0.15) is 23.7 Å². The summed E-state index contributed by atoms with van der Waals surface area (Å²) in [6.07, 6.45) is 0.918. The molecule has 90 valence electrons. The highest BCUT2D eigenvalue weighted by Crippen LogP contribution is 2.31. The van der Waals surface area contributed by atoms with Gasteiger partial charge in [0.05, 0.1) is 5.52 Å². The number of aryl methyl sites for hydroxylation is 2. The first-order chi connectivity index (χ1) is 8.08. The maximum atomic E-state index is 13.4. The molecule has 0 radical (unpaired) electrons. The van der Waals surface area contributed by atoms with Crippen molar-refractivity contribution in [3.63, 3.8) is 0 Å². The van der Waals surface area contributed by atoms with E-state index in [-0.39, 0.29) is 5.82 Å². The normalized spacial score (nSPS) is 10.9. The van der Waals surface area contributed by atoms with E-state index in [2.05, 4.69) is 17.2 Å². The summed E-state index contributed by atoms with van der Waals surface area (Å²) in [6.45, 7) is 6.00. The molecule has 2 nitrogen and oxygen atoms in total. The molecule has 0 amide bonds. The van der Waals surface area contributed by atoms with Crippen LogP contribution in [0.4, 0.5) is 10.1 Å². The Morgan fingerprint density at radius 3 is 2.59 bits per heavy atom. The third-order valence-electron chi connectivity index (χ3n) is 3.16. The van der Waals surface area contributed by atoms with Crippen molar-refractivity contribution in [3.8, 4) is 0 Å². The number of benzene rings is 1. The smallest absolute Gasteiger partial charge is 0.125 e. The van der Waals surface area contributed by atoms with Crippen LogP contribution < -0.4 is 5.32 Å². The van der Waals surface area contributed by atoms with Gasteiger partial charge in [-0.05, 0) is 37.5 Å². The van der Waals surface area contributed by atoms with Crippen molar-refractivity contribution in [2.75, 3.05) is 12.4 Å². The third-order valence-corrected chi connectivity index (χ3v) is 3.16. The zero-order valence-corrected chi connectivity index (χ0v) is 10.7. The lowest BCUT2D eigenvalue weighted by Gasteiger charge is -2.15. The Kier molecular flexibility index (Phi) is 3.01. The maximum absolute atomic E-state index is 13.4. The van der Waals surface area contributed by atoms with E-state index in [1.807, 2.05) is 20.9 Å². The van der Waals surface area contributed by atoms with E-state index in [0.29, 0.717) is 0 Å². The zero-order chi connectivity index (χ0) is 12.6. The molecule has 3 heteroatoms. The molecule has 0 saturated heterocycles. The number of aromatic nitrogens is 1. The summed E-state index contributed by atoms with van der Waals surface area (Å²) in [4.78, 5) is 4.50. The van der Waals surface area contributed by atoms with Gasteiger partial charge in [-0.25, -0.2) is 4.39 Å². The van der Waals surface area contributed by atoms with E-state index in [1.54, 1.807) is 6.07 Å². The fourth-order valence-electron chi connectivity index (χ4n) is 2.43. The molecule has 0 fully saturated rings. The van der Waals surface area contributed by atoms with Crippen molar-refractivity contribution in [1.82, 2.24) is 4.98 Å². The Balaban J connectivity index is 2.94. The molecule has 0 saturated carbocycles. The average Bonchev–Trinajstić information content (AvgIpc) is 2.26. The van der Waals surface area contributed by atoms with Crippen LogP contribution in [0, 0.1) is 19.7 Å². The van der Waals surface area contributed by atoms with Crippen LogP contribution in [0.15, 0.2) is 12.1 Å². The number of halogens is 1. The fraction of sp³-hybridized carbons (Fsp3) is 0.357. The van der Waals surface area contributed by atoms with Crippen LogP contribution in [0.2, 0.25) is 0 Å². The second-order valence-electron chi connectivity index (χ2n) is 4.27. The molecule has 2 rings (SSSR count). The number of rotatable bonds is 2. The zero-order valence-electron chi connectivity index (χ0n) is 10.7. The standard InChI is InChI=1S/C14H17FN2/c1-5-11-9(3)17-12-7-10(15)6-8(2)13(12)14(11)16-4/h6-7H,5H2,1-4H3,(H,16,17). The first-order valence-corrected chi connectivity index (χ1v) is 5.85. The number of hydrogen-bond donors (Lipinski definition) is 1. The summed E-state index contributed by atoms with van der Waals surface area (Å²) in [6, 6.07) is 3.05. The second-order valence-corrected chi connectivity index (χ2v) is 4.27. The van der Waals surface area contributed by atoms with Crippen molar-refractivity contribution in [3.05, 3.63) is 34.8 Å². The molecular weight excluding hydrogens is 215 g/mol. The summed E-state index contributed by atoms with van der Waals surface area (Å²) >= 11 is 0. The average molecular weight is 232 g/mol. The van der Waals surface area contributed by atoms with Gasteiger partial charge in [-0.1, -0.05) is 6.92 Å². The van der Waals surface area contributed by atoms with Crippen LogP contribution >= 0.6 is 0 Å². The van der Waals surface area contributed by atoms with Gasteiger partial charge in [0.15, 0.2) is 0 Å². The van der Waals surface area contributed by atoms with Gasteiger partial charge < -0.3 is 5.32 Å². The topological polar surface area (TPSA) is 24.9 Å². The van der Waals surface area contributed by atoms with Gasteiger partial charge in [-0.3, -0.25) is 4.98 Å². The van der Waals surface area contributed by atoms with E-state index in [4.69, 9.17) is 0 Å². The minimum atomic E-state index is -0.229. The van der Waals surface area contributed by atoms with Crippen molar-refractivity contribution < 1.29 is 4.39 Å². The van der Waals surface area contributed by atoms with Crippen LogP contribution in [0.3, 0.4) is 0 Å². The van der Waals surface area contributed by atoms with E-state index in [1.165, 1.54) is 11.6 Å². The molecule has 2 aromatic rings. The van der Waals surface area contributed by atoms with E-state index in [9.17, 15) is 4.39 Å². The molecule has 1 aromatic carbocycles. The van der Waals surface area contributed by atoms with E-state index in [0.717, 1.165) is 34.3 Å². The molecule has 0 aliphatic heterocycles. The number of anilines is 1. The van der Waals surface area contributed by atoms with Gasteiger partial charge in [0, 0.05) is 29.9 Å². The number of nitrogens with zero attached hydrogens (tertiary/aromatic N) is 1. The molecule has 0 atom stereocenters. The molecule has 17 heavy (non-hydrogen) atoms. The summed E-state index contributed by atoms with van der Waals surface area (Å²) in [5, 5.41) is 4.25. The lowest BCUT2D eigenvalue weighted by Crippen LogP contribution is -2.02. The molecular formula is C14H17FN2. The van der Waals surface area contributed by atoms with Crippen LogP contribution in [0.5, 0.6) is 0 Å². The number of pyridine rings is 1. The van der Waals surface area contributed by atoms with Gasteiger partial charge in [0.25, 0.3) is 0 Å². The van der Waals surface area contributed by atoms with Crippen molar-refractivity contribution in [1.29, 1.82) is 0 Å². The SMILES string of the molecule is CCc1c(C)nc2cc(F)cc(C)c2c1NC. The largest absolute Gasteiger partial charge is 0.387 e. The minimum Gasteiger partial charge on any atom is -0.387 e. The van der Waals surface area contributed by atoms with Crippen LogP contribution in [-0.4, -0.2) is 12.0 Å². The summed E-state index contributed by atoms with van der Waals surface area (Å²) < 4.78 is 13.4. The Hall–Kier alpha value is -1.64. The van der Waals surface area contributed by atoms with Gasteiger partial charge in [0.1, 0.15) is 5.82 Å². The number of fused-ring (bicyclic) bond motifs is 1. The van der Waals surface area contributed by atoms with Gasteiger partial charge >= 0.3 is 0 Å². The Labute approximate surface area is 101 Å². The predicted octanol–water partition coefficient (Wildman–Crippen LogP) is 3.59. The van der Waals surface area contributed by atoms with Gasteiger partial charge in [0.2, 0.25) is 0 Å². The lowest BCUT2D eigenvalue weighted by atomic mass is 10.0. The molecule has 0 bridgehead atoms. The first kappa shape index (κ1) is 11.8. The molecule has 1 aromatic heterocycles. The summed E-state index contributed by atoms with van der Waals surface area (Å²) in [5.74, 6) is -0.229. The highest BCUT2D eigenvalue weighted by molar-refractivity contribution is 5.96. The number of nitrogens with one attached hydrogen (secondary N) is 1. The maximum Gasteiger partial charge on any atom is 0.125 e. The second kappa shape index (κ2) is 4.32. The molecule has 0 spiro atoms. The molecule has 0 aliphatic carbocycles. The first-order valence-electron chi connectivity index (χ1n) is 5.85. The van der Waals surface area contributed by atoms with Crippen molar-refractivity contribution in [2.24, 2.45) is 0 Å². The van der Waals surface area contributed by atoms with Gasteiger partial charge in [-0.2, -0.15) is 0 Å². The minimum absolute atomic E-state index is 0.229. The third kappa shape index (κ3) is 1.86. The fourth-order valence-corrected chi connectivity index (χ4v) is 2.43. The molecule has 0 aliphatic rings. The molecule has 0 unspecified atom stereocenters. The molecule has 1 heterocycles. The number of hydrogen-bond acceptors (Lipinski definition) is 2. The van der Waals surface area contributed by atoms with Crippen LogP contribution in [0.25, 0.3) is 10.9 Å². The van der Waals surface area contributed by atoms with Crippen LogP contribution in [-0.2, 0) is 6.42 Å².